The summed E-state index contributed by atoms with van der Waals surface area (Å²) in [5.74, 6) is -0.405. The van der Waals surface area contributed by atoms with Crippen LogP contribution in [0.5, 0.6) is 0 Å². The van der Waals surface area contributed by atoms with Crippen molar-refractivity contribution in [1.29, 1.82) is 0 Å². The van der Waals surface area contributed by atoms with Crippen LogP contribution in [-0.2, 0) is 4.74 Å². The van der Waals surface area contributed by atoms with Crippen molar-refractivity contribution in [3.63, 3.8) is 0 Å². The van der Waals surface area contributed by atoms with Crippen LogP contribution in [0.25, 0.3) is 27.7 Å². The second kappa shape index (κ2) is 7.02. The van der Waals surface area contributed by atoms with Crippen molar-refractivity contribution >= 4 is 39.9 Å². The number of halogens is 2. The molecule has 0 aliphatic rings. The molecule has 0 atom stereocenters. The number of nitrogens with zero attached hydrogens (tertiary/aromatic N) is 3. The minimum absolute atomic E-state index is 0.405. The maximum absolute atomic E-state index is 12.2. The number of methoxy groups -OCH3 is 1. The highest BCUT2D eigenvalue weighted by atomic mass is 35.5. The molecule has 1 aromatic heterocycles. The van der Waals surface area contributed by atoms with E-state index >= 15 is 0 Å². The highest BCUT2D eigenvalue weighted by Gasteiger charge is 2.14. The molecular weight excluding hydrogens is 385 g/mol. The smallest absolute Gasteiger partial charge is 0.338 e. The van der Waals surface area contributed by atoms with E-state index in [0.717, 1.165) is 16.3 Å². The fourth-order valence-corrected chi connectivity index (χ4v) is 3.18. The Morgan fingerprint density at radius 2 is 1.85 bits per heavy atom. The van der Waals surface area contributed by atoms with Gasteiger partial charge in [-0.3, -0.25) is 0 Å². The van der Waals surface area contributed by atoms with E-state index in [9.17, 15) is 4.79 Å². The Morgan fingerprint density at radius 1 is 1.04 bits per heavy atom. The van der Waals surface area contributed by atoms with Gasteiger partial charge >= 0.3 is 5.97 Å². The Bertz CT molecular complexity index is 1170. The molecule has 5 nitrogen and oxygen atoms in total. The number of fused-ring (bicyclic) bond motifs is 1. The second-order valence-corrected chi connectivity index (χ2v) is 6.70. The lowest BCUT2D eigenvalue weighted by molar-refractivity contribution is 0.0603. The number of carbonyl (C=O) groups is 1. The molecule has 3 aromatic carbocycles. The van der Waals surface area contributed by atoms with E-state index in [4.69, 9.17) is 27.9 Å². The van der Waals surface area contributed by atoms with Crippen LogP contribution in [0.2, 0.25) is 10.0 Å². The van der Waals surface area contributed by atoms with E-state index in [1.165, 1.54) is 7.11 Å². The molecule has 134 valence electrons. The van der Waals surface area contributed by atoms with Crippen LogP contribution in [0.15, 0.2) is 60.8 Å². The summed E-state index contributed by atoms with van der Waals surface area (Å²) in [6, 6.07) is 16.6. The van der Waals surface area contributed by atoms with Crippen molar-refractivity contribution in [3.05, 3.63) is 76.4 Å². The Labute approximate surface area is 165 Å². The second-order valence-electron chi connectivity index (χ2n) is 5.88. The highest BCUT2D eigenvalue weighted by molar-refractivity contribution is 6.42. The zero-order valence-corrected chi connectivity index (χ0v) is 15.7. The molecule has 4 aromatic rings. The molecule has 0 saturated heterocycles. The molecular formula is C20H13Cl2N3O2. The Balaban J connectivity index is 1.82. The van der Waals surface area contributed by atoms with Crippen molar-refractivity contribution in [2.24, 2.45) is 0 Å². The molecule has 0 spiro atoms. The van der Waals surface area contributed by atoms with Crippen LogP contribution in [0.1, 0.15) is 10.4 Å². The summed E-state index contributed by atoms with van der Waals surface area (Å²) in [5, 5.41) is 11.0. The number of ether oxygens (including phenoxy) is 1. The van der Waals surface area contributed by atoms with Crippen molar-refractivity contribution in [3.8, 4) is 16.9 Å². The highest BCUT2D eigenvalue weighted by Crippen LogP contribution is 2.28. The van der Waals surface area contributed by atoms with Crippen LogP contribution in [0, 0.1) is 0 Å². The molecule has 0 amide bonds. The zero-order chi connectivity index (χ0) is 19.0. The first-order valence-corrected chi connectivity index (χ1v) is 8.81. The van der Waals surface area contributed by atoms with E-state index in [2.05, 4.69) is 10.3 Å². The molecule has 0 saturated carbocycles. The molecule has 0 bridgehead atoms. The van der Waals surface area contributed by atoms with Gasteiger partial charge in [0.15, 0.2) is 0 Å². The minimum atomic E-state index is -0.405. The van der Waals surface area contributed by atoms with Crippen molar-refractivity contribution in [2.75, 3.05) is 7.11 Å². The number of rotatable bonds is 3. The predicted molar refractivity (Wildman–Crippen MR) is 106 cm³/mol. The summed E-state index contributed by atoms with van der Waals surface area (Å²) in [4.78, 5) is 12.2. The third kappa shape index (κ3) is 3.27. The molecule has 0 aliphatic carbocycles. The quantitative estimate of drug-likeness (QED) is 0.446. The van der Waals surface area contributed by atoms with Crippen molar-refractivity contribution in [2.45, 2.75) is 0 Å². The largest absolute Gasteiger partial charge is 0.465 e. The fraction of sp³-hybridized carbons (Fsp3) is 0.0500. The number of carbonyl (C=O) groups excluding carboxylic acids is 1. The van der Waals surface area contributed by atoms with Gasteiger partial charge in [-0.2, -0.15) is 0 Å². The maximum atomic E-state index is 12.2. The lowest BCUT2D eigenvalue weighted by atomic mass is 10.0. The Kier molecular flexibility index (Phi) is 4.56. The van der Waals surface area contributed by atoms with Gasteiger partial charge in [0, 0.05) is 5.56 Å². The summed E-state index contributed by atoms with van der Waals surface area (Å²) in [7, 11) is 1.36. The zero-order valence-electron chi connectivity index (χ0n) is 14.2. The Morgan fingerprint density at radius 3 is 2.63 bits per heavy atom. The molecule has 1 heterocycles. The third-order valence-electron chi connectivity index (χ3n) is 4.23. The maximum Gasteiger partial charge on any atom is 0.338 e. The van der Waals surface area contributed by atoms with Gasteiger partial charge in [0.2, 0.25) is 0 Å². The molecule has 0 N–H and O–H groups in total. The van der Waals surface area contributed by atoms with Crippen LogP contribution < -0.4 is 0 Å². The first-order chi connectivity index (χ1) is 13.1. The van der Waals surface area contributed by atoms with Gasteiger partial charge in [0.25, 0.3) is 0 Å². The van der Waals surface area contributed by atoms with Gasteiger partial charge in [-0.1, -0.05) is 58.7 Å². The van der Waals surface area contributed by atoms with Gasteiger partial charge < -0.3 is 4.74 Å². The summed E-state index contributed by atoms with van der Waals surface area (Å²) < 4.78 is 6.53. The van der Waals surface area contributed by atoms with Crippen LogP contribution in [0.3, 0.4) is 0 Å². The van der Waals surface area contributed by atoms with Gasteiger partial charge in [-0.25, -0.2) is 9.48 Å². The van der Waals surface area contributed by atoms with Crippen molar-refractivity contribution < 1.29 is 9.53 Å². The Hall–Kier alpha value is -2.89. The molecule has 0 unspecified atom stereocenters. The van der Waals surface area contributed by atoms with Gasteiger partial charge in [-0.05, 0) is 35.0 Å². The SMILES string of the molecule is COC(=O)c1cc(-n2cc(-c3ccc(Cl)c(Cl)c3)nn2)cc2ccccc12. The summed E-state index contributed by atoms with van der Waals surface area (Å²) >= 11 is 12.1. The predicted octanol–water partition coefficient (Wildman–Crippen LogP) is 5.18. The average Bonchev–Trinajstić information content (AvgIpc) is 3.19. The number of benzene rings is 3. The number of esters is 1. The third-order valence-corrected chi connectivity index (χ3v) is 4.96. The number of hydrogen-bond donors (Lipinski definition) is 0. The van der Waals surface area contributed by atoms with E-state index in [-0.39, 0.29) is 0 Å². The topological polar surface area (TPSA) is 57.0 Å². The first-order valence-electron chi connectivity index (χ1n) is 8.06. The molecule has 0 aliphatic heterocycles. The van der Waals surface area contributed by atoms with E-state index in [1.54, 1.807) is 29.1 Å². The normalized spacial score (nSPS) is 10.9. The van der Waals surface area contributed by atoms with E-state index in [1.807, 2.05) is 36.4 Å². The van der Waals surface area contributed by atoms with Gasteiger partial charge in [0.05, 0.1) is 34.6 Å². The monoisotopic (exact) mass is 397 g/mol. The molecule has 0 radical (unpaired) electrons. The van der Waals surface area contributed by atoms with Gasteiger partial charge in [-0.15, -0.1) is 5.10 Å². The molecule has 0 fully saturated rings. The molecule has 7 heteroatoms. The summed E-state index contributed by atoms with van der Waals surface area (Å²) in [6.45, 7) is 0. The van der Waals surface area contributed by atoms with Gasteiger partial charge in [0.1, 0.15) is 5.69 Å². The van der Waals surface area contributed by atoms with Crippen LogP contribution in [0.4, 0.5) is 0 Å². The average molecular weight is 398 g/mol. The first kappa shape index (κ1) is 17.5. The van der Waals surface area contributed by atoms with Crippen LogP contribution >= 0.6 is 23.2 Å². The summed E-state index contributed by atoms with van der Waals surface area (Å²) in [6.07, 6.45) is 1.77. The summed E-state index contributed by atoms with van der Waals surface area (Å²) in [5.41, 5.74) is 2.61. The van der Waals surface area contributed by atoms with E-state index < -0.39 is 5.97 Å². The lowest BCUT2D eigenvalue weighted by Gasteiger charge is -2.08. The lowest BCUT2D eigenvalue weighted by Crippen LogP contribution is -2.05. The standard InChI is InChI=1S/C20H13Cl2N3O2/c1-27-20(26)16-10-14(8-12-4-2-3-5-15(12)16)25-11-19(23-24-25)13-6-7-17(21)18(22)9-13/h2-11H,1H3. The van der Waals surface area contributed by atoms with Crippen LogP contribution in [-0.4, -0.2) is 28.1 Å². The number of hydrogen-bond acceptors (Lipinski definition) is 4. The van der Waals surface area contributed by atoms with E-state index in [0.29, 0.717) is 27.0 Å². The fourth-order valence-electron chi connectivity index (χ4n) is 2.88. The molecule has 4 rings (SSSR count). The minimum Gasteiger partial charge on any atom is -0.465 e. The van der Waals surface area contributed by atoms with Crippen molar-refractivity contribution in [1.82, 2.24) is 15.0 Å². The molecule has 27 heavy (non-hydrogen) atoms. The number of aromatic nitrogens is 3.